The van der Waals surface area contributed by atoms with Gasteiger partial charge in [0.25, 0.3) is 5.91 Å². The van der Waals surface area contributed by atoms with E-state index in [9.17, 15) is 13.2 Å². The highest BCUT2D eigenvalue weighted by atomic mass is 32.2. The number of methoxy groups -OCH3 is 2. The number of amides is 1. The summed E-state index contributed by atoms with van der Waals surface area (Å²) in [5.74, 6) is 1.08. The molecule has 0 bridgehead atoms. The fourth-order valence-electron chi connectivity index (χ4n) is 3.97. The SMILES string of the molecule is COc1ccc(-c2nc(NC(=O)c3cccc(S(=O)(=O)N4CCCCC4C)c3)n[nH]2)c(OC)c1. The van der Waals surface area contributed by atoms with Gasteiger partial charge < -0.3 is 9.47 Å². The number of nitrogens with one attached hydrogen (secondary N) is 2. The van der Waals surface area contributed by atoms with Crippen molar-refractivity contribution in [1.82, 2.24) is 19.5 Å². The van der Waals surface area contributed by atoms with Crippen LogP contribution in [0.4, 0.5) is 5.95 Å². The second kappa shape index (κ2) is 9.82. The highest BCUT2D eigenvalue weighted by Gasteiger charge is 2.31. The van der Waals surface area contributed by atoms with Crippen molar-refractivity contribution in [2.24, 2.45) is 0 Å². The normalized spacial score (nSPS) is 16.7. The Kier molecular flexibility index (Phi) is 6.85. The Hall–Kier alpha value is -3.44. The van der Waals surface area contributed by atoms with Crippen LogP contribution in [-0.2, 0) is 10.0 Å². The number of sulfonamides is 1. The molecular formula is C23H27N5O5S. The van der Waals surface area contributed by atoms with Gasteiger partial charge in [-0.15, -0.1) is 5.10 Å². The van der Waals surface area contributed by atoms with E-state index in [-0.39, 0.29) is 22.4 Å². The lowest BCUT2D eigenvalue weighted by Gasteiger charge is -2.32. The molecule has 4 rings (SSSR count). The second-order valence-corrected chi connectivity index (χ2v) is 9.91. The zero-order valence-corrected chi connectivity index (χ0v) is 20.1. The van der Waals surface area contributed by atoms with Crippen molar-refractivity contribution in [3.05, 3.63) is 48.0 Å². The standard InChI is InChI=1S/C23H27N5O5S/c1-15-7-4-5-12-28(15)34(30,31)18-9-6-8-16(13-18)22(29)25-23-24-21(26-27-23)19-11-10-17(32-2)14-20(19)33-3/h6,8-11,13-15H,4-5,7,12H2,1-3H3,(H2,24,25,26,27,29). The van der Waals surface area contributed by atoms with Gasteiger partial charge in [-0.1, -0.05) is 12.5 Å². The number of hydrogen-bond donors (Lipinski definition) is 2. The first-order valence-corrected chi connectivity index (χ1v) is 12.4. The number of aromatic amines is 1. The molecule has 1 amide bonds. The lowest BCUT2D eigenvalue weighted by molar-refractivity contribution is 0.102. The molecular weight excluding hydrogens is 458 g/mol. The van der Waals surface area contributed by atoms with Crippen molar-refractivity contribution in [3.63, 3.8) is 0 Å². The Labute approximate surface area is 198 Å². The molecule has 180 valence electrons. The Morgan fingerprint density at radius 3 is 2.71 bits per heavy atom. The van der Waals surface area contributed by atoms with E-state index in [2.05, 4.69) is 20.5 Å². The van der Waals surface area contributed by atoms with E-state index < -0.39 is 15.9 Å². The number of hydrogen-bond acceptors (Lipinski definition) is 7. The van der Waals surface area contributed by atoms with Crippen LogP contribution in [-0.4, -0.2) is 60.6 Å². The van der Waals surface area contributed by atoms with E-state index in [0.29, 0.717) is 29.4 Å². The smallest absolute Gasteiger partial charge is 0.258 e. The highest BCUT2D eigenvalue weighted by Crippen LogP contribution is 2.31. The first-order valence-electron chi connectivity index (χ1n) is 10.9. The molecule has 10 nitrogen and oxygen atoms in total. The summed E-state index contributed by atoms with van der Waals surface area (Å²) in [4.78, 5) is 17.2. The third kappa shape index (κ3) is 4.75. The maximum Gasteiger partial charge on any atom is 0.258 e. The molecule has 0 saturated carbocycles. The van der Waals surface area contributed by atoms with Crippen LogP contribution in [0, 0.1) is 0 Å². The topological polar surface area (TPSA) is 127 Å². The van der Waals surface area contributed by atoms with Crippen LogP contribution in [0.3, 0.4) is 0 Å². The van der Waals surface area contributed by atoms with Gasteiger partial charge in [0, 0.05) is 24.2 Å². The van der Waals surface area contributed by atoms with E-state index in [1.165, 1.54) is 23.5 Å². The van der Waals surface area contributed by atoms with Gasteiger partial charge in [0.2, 0.25) is 16.0 Å². The van der Waals surface area contributed by atoms with Crippen molar-refractivity contribution in [2.75, 3.05) is 26.1 Å². The number of piperidine rings is 1. The predicted octanol–water partition coefficient (Wildman–Crippen LogP) is 3.30. The lowest BCUT2D eigenvalue weighted by Crippen LogP contribution is -2.41. The van der Waals surface area contributed by atoms with Crippen LogP contribution in [0.5, 0.6) is 11.5 Å². The molecule has 3 aromatic rings. The van der Waals surface area contributed by atoms with Crippen LogP contribution in [0.2, 0.25) is 0 Å². The van der Waals surface area contributed by atoms with Crippen LogP contribution >= 0.6 is 0 Å². The minimum Gasteiger partial charge on any atom is -0.497 e. The lowest BCUT2D eigenvalue weighted by atomic mass is 10.1. The monoisotopic (exact) mass is 485 g/mol. The number of anilines is 1. The molecule has 2 N–H and O–H groups in total. The quantitative estimate of drug-likeness (QED) is 0.526. The number of H-pyrrole nitrogens is 1. The maximum absolute atomic E-state index is 13.1. The van der Waals surface area contributed by atoms with Crippen LogP contribution < -0.4 is 14.8 Å². The van der Waals surface area contributed by atoms with E-state index >= 15 is 0 Å². The average molecular weight is 486 g/mol. The summed E-state index contributed by atoms with van der Waals surface area (Å²) in [6.07, 6.45) is 2.66. The number of carbonyl (C=O) groups excluding carboxylic acids is 1. The molecule has 1 unspecified atom stereocenters. The number of ether oxygens (including phenoxy) is 2. The van der Waals surface area contributed by atoms with Crippen molar-refractivity contribution in [3.8, 4) is 22.9 Å². The fourth-order valence-corrected chi connectivity index (χ4v) is 5.71. The summed E-state index contributed by atoms with van der Waals surface area (Å²) in [6, 6.07) is 11.2. The largest absolute Gasteiger partial charge is 0.497 e. The van der Waals surface area contributed by atoms with Crippen molar-refractivity contribution in [2.45, 2.75) is 37.1 Å². The van der Waals surface area contributed by atoms with Crippen molar-refractivity contribution >= 4 is 21.9 Å². The van der Waals surface area contributed by atoms with Gasteiger partial charge in [0.15, 0.2) is 5.82 Å². The average Bonchev–Trinajstić information content (AvgIpc) is 3.32. The zero-order chi connectivity index (χ0) is 24.3. The summed E-state index contributed by atoms with van der Waals surface area (Å²) in [5, 5.41) is 9.43. The molecule has 1 aliphatic rings. The third-order valence-electron chi connectivity index (χ3n) is 5.82. The van der Waals surface area contributed by atoms with Gasteiger partial charge >= 0.3 is 0 Å². The third-order valence-corrected chi connectivity index (χ3v) is 7.83. The molecule has 2 heterocycles. The summed E-state index contributed by atoms with van der Waals surface area (Å²) < 4.78 is 38.4. The number of benzene rings is 2. The van der Waals surface area contributed by atoms with Crippen LogP contribution in [0.1, 0.15) is 36.5 Å². The fraction of sp³-hybridized carbons (Fsp3) is 0.348. The summed E-state index contributed by atoms with van der Waals surface area (Å²) in [5.41, 5.74) is 0.833. The molecule has 1 aromatic heterocycles. The molecule has 11 heteroatoms. The number of aromatic nitrogens is 3. The Balaban J connectivity index is 1.53. The molecule has 2 aromatic carbocycles. The van der Waals surface area contributed by atoms with Gasteiger partial charge in [0.05, 0.1) is 24.7 Å². The van der Waals surface area contributed by atoms with Crippen molar-refractivity contribution in [1.29, 1.82) is 0 Å². The minimum absolute atomic E-state index is 0.0517. The molecule has 0 spiro atoms. The van der Waals surface area contributed by atoms with E-state index in [4.69, 9.17) is 9.47 Å². The van der Waals surface area contributed by atoms with Crippen LogP contribution in [0.15, 0.2) is 47.4 Å². The van der Waals surface area contributed by atoms with E-state index in [1.807, 2.05) is 6.92 Å². The van der Waals surface area contributed by atoms with E-state index in [1.54, 1.807) is 37.4 Å². The number of carbonyl (C=O) groups is 1. The molecule has 1 saturated heterocycles. The summed E-state index contributed by atoms with van der Waals surface area (Å²) in [6.45, 7) is 2.39. The maximum atomic E-state index is 13.1. The molecule has 1 atom stereocenters. The predicted molar refractivity (Wildman–Crippen MR) is 127 cm³/mol. The molecule has 0 radical (unpaired) electrons. The Morgan fingerprint density at radius 2 is 1.97 bits per heavy atom. The van der Waals surface area contributed by atoms with Gasteiger partial charge in [-0.05, 0) is 50.1 Å². The van der Waals surface area contributed by atoms with Gasteiger partial charge in [0.1, 0.15) is 11.5 Å². The summed E-state index contributed by atoms with van der Waals surface area (Å²) in [7, 11) is -0.604. The zero-order valence-electron chi connectivity index (χ0n) is 19.2. The van der Waals surface area contributed by atoms with Gasteiger partial charge in [-0.2, -0.15) is 9.29 Å². The van der Waals surface area contributed by atoms with Gasteiger partial charge in [-0.3, -0.25) is 15.2 Å². The Morgan fingerprint density at radius 1 is 1.15 bits per heavy atom. The number of nitrogens with zero attached hydrogens (tertiary/aromatic N) is 3. The van der Waals surface area contributed by atoms with Crippen molar-refractivity contribution < 1.29 is 22.7 Å². The van der Waals surface area contributed by atoms with E-state index in [0.717, 1.165) is 19.3 Å². The first-order chi connectivity index (χ1) is 16.3. The molecule has 1 aliphatic heterocycles. The highest BCUT2D eigenvalue weighted by molar-refractivity contribution is 7.89. The second-order valence-electron chi connectivity index (χ2n) is 8.02. The Bertz CT molecular complexity index is 1290. The van der Waals surface area contributed by atoms with Gasteiger partial charge in [-0.25, -0.2) is 8.42 Å². The number of rotatable bonds is 7. The molecule has 0 aliphatic carbocycles. The van der Waals surface area contributed by atoms with Crippen LogP contribution in [0.25, 0.3) is 11.4 Å². The summed E-state index contributed by atoms with van der Waals surface area (Å²) >= 11 is 0. The molecule has 1 fully saturated rings. The molecule has 34 heavy (non-hydrogen) atoms. The first kappa shape index (κ1) is 23.7. The minimum atomic E-state index is -3.69.